The lowest BCUT2D eigenvalue weighted by atomic mass is 10.2. The van der Waals surface area contributed by atoms with Gasteiger partial charge < -0.3 is 4.52 Å². The number of nitrogens with zero attached hydrogens (tertiary/aromatic N) is 3. The number of amides is 2. The zero-order chi connectivity index (χ0) is 17.1. The molecule has 3 rings (SSSR count). The Labute approximate surface area is 143 Å². The molecule has 0 saturated heterocycles. The summed E-state index contributed by atoms with van der Waals surface area (Å²) in [4.78, 5) is 23.2. The number of benzene rings is 1. The highest BCUT2D eigenvalue weighted by atomic mass is 35.5. The Hall–Kier alpha value is -2.82. The van der Waals surface area contributed by atoms with Gasteiger partial charge in [-0.15, -0.1) is 10.2 Å². The molecule has 0 radical (unpaired) electrons. The maximum Gasteiger partial charge on any atom is 0.296 e. The molecular formula is C13H8ClN5O4S. The van der Waals surface area contributed by atoms with Crippen molar-refractivity contribution in [3.8, 4) is 10.6 Å². The van der Waals surface area contributed by atoms with Gasteiger partial charge in [0, 0.05) is 11.6 Å². The number of halogens is 1. The first-order chi connectivity index (χ1) is 11.6. The van der Waals surface area contributed by atoms with Crippen LogP contribution in [0.5, 0.6) is 0 Å². The summed E-state index contributed by atoms with van der Waals surface area (Å²) in [5.41, 5.74) is 1.84. The number of aromatic nitrogens is 3. The molecule has 1 aromatic carbocycles. The summed E-state index contributed by atoms with van der Waals surface area (Å²) in [5.74, 6) is -1.78. The molecule has 0 bridgehead atoms. The van der Waals surface area contributed by atoms with Gasteiger partial charge in [-0.25, -0.2) is 5.48 Å². The van der Waals surface area contributed by atoms with Crippen LogP contribution in [0.2, 0.25) is 5.02 Å². The molecule has 0 atom stereocenters. The highest BCUT2D eigenvalue weighted by Gasteiger charge is 2.19. The minimum atomic E-state index is -0.894. The number of hydrogen-bond acceptors (Lipinski definition) is 8. The van der Waals surface area contributed by atoms with E-state index in [9.17, 15) is 9.59 Å². The Balaban J connectivity index is 1.75. The number of hydroxylamine groups is 1. The fourth-order valence-corrected chi connectivity index (χ4v) is 2.78. The summed E-state index contributed by atoms with van der Waals surface area (Å²) in [6.45, 7) is 0. The Bertz CT molecular complexity index is 909. The van der Waals surface area contributed by atoms with Crippen LogP contribution in [0.1, 0.15) is 21.0 Å². The van der Waals surface area contributed by atoms with E-state index in [1.165, 1.54) is 5.48 Å². The van der Waals surface area contributed by atoms with Gasteiger partial charge in [0.05, 0.1) is 5.02 Å². The number of hydrogen-bond donors (Lipinski definition) is 3. The molecule has 9 nitrogen and oxygen atoms in total. The molecule has 3 aromatic rings. The number of anilines is 1. The largest absolute Gasteiger partial charge is 0.350 e. The maximum atomic E-state index is 12.0. The van der Waals surface area contributed by atoms with Crippen LogP contribution in [-0.2, 0) is 0 Å². The van der Waals surface area contributed by atoms with E-state index in [4.69, 9.17) is 21.3 Å². The molecule has 24 heavy (non-hydrogen) atoms. The van der Waals surface area contributed by atoms with Gasteiger partial charge in [-0.2, -0.15) is 0 Å². The van der Waals surface area contributed by atoms with Crippen LogP contribution >= 0.6 is 22.9 Å². The molecule has 2 aromatic heterocycles. The van der Waals surface area contributed by atoms with E-state index in [2.05, 4.69) is 20.7 Å². The van der Waals surface area contributed by atoms with Crippen LogP contribution < -0.4 is 10.8 Å². The van der Waals surface area contributed by atoms with E-state index in [1.807, 2.05) is 6.07 Å². The lowest BCUT2D eigenvalue weighted by Crippen LogP contribution is -2.18. The normalized spacial score (nSPS) is 10.4. The second-order valence-electron chi connectivity index (χ2n) is 4.36. The van der Waals surface area contributed by atoms with Crippen LogP contribution in [0.4, 0.5) is 5.13 Å². The zero-order valence-electron chi connectivity index (χ0n) is 11.7. The third-order valence-corrected chi connectivity index (χ3v) is 4.02. The number of nitrogens with one attached hydrogen (secondary N) is 2. The van der Waals surface area contributed by atoms with Crippen molar-refractivity contribution in [2.75, 3.05) is 5.32 Å². The molecule has 0 aliphatic rings. The molecule has 0 spiro atoms. The molecule has 0 aliphatic heterocycles. The van der Waals surface area contributed by atoms with Crippen molar-refractivity contribution in [1.82, 2.24) is 20.8 Å². The standard InChI is InChI=1S/C13H8ClN5O4S/c14-7-4-2-1-3-6(7)12-16-17-13(24-12)15-11(21)9-5-8(19-23-9)10(20)18-22/h1-5,22H,(H,18,20)(H,15,17,21). The molecule has 122 valence electrons. The fraction of sp³-hybridized carbons (Fsp3) is 0. The van der Waals surface area contributed by atoms with Crippen LogP contribution in [-0.4, -0.2) is 32.4 Å². The molecule has 11 heteroatoms. The van der Waals surface area contributed by atoms with Gasteiger partial charge in [0.15, 0.2) is 10.7 Å². The molecule has 0 fully saturated rings. The molecule has 2 heterocycles. The Kier molecular flexibility index (Phi) is 4.51. The monoisotopic (exact) mass is 365 g/mol. The quantitative estimate of drug-likeness (QED) is 0.477. The van der Waals surface area contributed by atoms with Gasteiger partial charge >= 0.3 is 0 Å². The average molecular weight is 366 g/mol. The predicted molar refractivity (Wildman–Crippen MR) is 84.1 cm³/mol. The van der Waals surface area contributed by atoms with Crippen molar-refractivity contribution in [1.29, 1.82) is 0 Å². The first-order valence-electron chi connectivity index (χ1n) is 6.39. The summed E-state index contributed by atoms with van der Waals surface area (Å²) in [5, 5.41) is 23.4. The number of rotatable bonds is 4. The van der Waals surface area contributed by atoms with Gasteiger partial charge in [0.1, 0.15) is 0 Å². The minimum Gasteiger partial charge on any atom is -0.350 e. The van der Waals surface area contributed by atoms with Crippen molar-refractivity contribution < 1.29 is 19.3 Å². The van der Waals surface area contributed by atoms with Gasteiger partial charge in [-0.05, 0) is 6.07 Å². The third-order valence-electron chi connectivity index (χ3n) is 2.82. The van der Waals surface area contributed by atoms with Crippen LogP contribution in [0.3, 0.4) is 0 Å². The number of carbonyl (C=O) groups excluding carboxylic acids is 2. The summed E-state index contributed by atoms with van der Waals surface area (Å²) in [7, 11) is 0. The topological polar surface area (TPSA) is 130 Å². The van der Waals surface area contributed by atoms with E-state index in [0.717, 1.165) is 17.4 Å². The van der Waals surface area contributed by atoms with Gasteiger partial charge in [0.2, 0.25) is 10.9 Å². The van der Waals surface area contributed by atoms with E-state index in [0.29, 0.717) is 15.6 Å². The molecule has 0 aliphatic carbocycles. The van der Waals surface area contributed by atoms with Crippen molar-refractivity contribution in [2.45, 2.75) is 0 Å². The van der Waals surface area contributed by atoms with Crippen LogP contribution in [0.15, 0.2) is 34.9 Å². The molecule has 0 saturated carbocycles. The fourth-order valence-electron chi connectivity index (χ4n) is 1.72. The highest BCUT2D eigenvalue weighted by Crippen LogP contribution is 2.31. The van der Waals surface area contributed by atoms with Crippen molar-refractivity contribution >= 4 is 39.9 Å². The second kappa shape index (κ2) is 6.74. The summed E-state index contributed by atoms with van der Waals surface area (Å²) in [6, 6.07) is 8.18. The van der Waals surface area contributed by atoms with Gasteiger partial charge in [-0.3, -0.25) is 20.1 Å². The lowest BCUT2D eigenvalue weighted by Gasteiger charge is -1.97. The smallest absolute Gasteiger partial charge is 0.296 e. The summed E-state index contributed by atoms with van der Waals surface area (Å²) < 4.78 is 4.73. The Morgan fingerprint density at radius 2 is 2.00 bits per heavy atom. The van der Waals surface area contributed by atoms with Crippen LogP contribution in [0, 0.1) is 0 Å². The zero-order valence-corrected chi connectivity index (χ0v) is 13.3. The average Bonchev–Trinajstić information content (AvgIpc) is 3.24. The van der Waals surface area contributed by atoms with E-state index < -0.39 is 11.8 Å². The minimum absolute atomic E-state index is 0.219. The first kappa shape index (κ1) is 16.1. The Morgan fingerprint density at radius 1 is 1.21 bits per heavy atom. The predicted octanol–water partition coefficient (Wildman–Crippen LogP) is 2.22. The third kappa shape index (κ3) is 3.25. The summed E-state index contributed by atoms with van der Waals surface area (Å²) >= 11 is 7.21. The van der Waals surface area contributed by atoms with Gasteiger partial charge in [-0.1, -0.05) is 46.3 Å². The summed E-state index contributed by atoms with van der Waals surface area (Å²) in [6.07, 6.45) is 0. The van der Waals surface area contributed by atoms with Gasteiger partial charge in [0.25, 0.3) is 11.8 Å². The molecular weight excluding hydrogens is 358 g/mol. The first-order valence-corrected chi connectivity index (χ1v) is 7.59. The second-order valence-corrected chi connectivity index (χ2v) is 5.75. The molecule has 3 N–H and O–H groups in total. The maximum absolute atomic E-state index is 12.0. The molecule has 2 amide bonds. The highest BCUT2D eigenvalue weighted by molar-refractivity contribution is 7.18. The van der Waals surface area contributed by atoms with Crippen molar-refractivity contribution in [2.24, 2.45) is 0 Å². The Morgan fingerprint density at radius 3 is 2.75 bits per heavy atom. The van der Waals surface area contributed by atoms with E-state index >= 15 is 0 Å². The van der Waals surface area contributed by atoms with E-state index in [1.54, 1.807) is 18.2 Å². The lowest BCUT2D eigenvalue weighted by molar-refractivity contribution is 0.0696. The van der Waals surface area contributed by atoms with Crippen molar-refractivity contribution in [3.05, 3.63) is 46.8 Å². The van der Waals surface area contributed by atoms with E-state index in [-0.39, 0.29) is 16.6 Å². The van der Waals surface area contributed by atoms with Crippen molar-refractivity contribution in [3.63, 3.8) is 0 Å². The molecule has 0 unspecified atom stereocenters. The number of carbonyl (C=O) groups is 2. The SMILES string of the molecule is O=C(NO)c1cc(C(=O)Nc2nnc(-c3ccccc3Cl)s2)on1. The van der Waals surface area contributed by atoms with Crippen LogP contribution in [0.25, 0.3) is 10.6 Å².